The van der Waals surface area contributed by atoms with Gasteiger partial charge in [0.2, 0.25) is 5.82 Å². The lowest BCUT2D eigenvalue weighted by atomic mass is 10.2. The number of hydrogen-bond donors (Lipinski definition) is 1. The van der Waals surface area contributed by atoms with Crippen LogP contribution >= 0.6 is 11.6 Å². The summed E-state index contributed by atoms with van der Waals surface area (Å²) in [6, 6.07) is 9.48. The Morgan fingerprint density at radius 1 is 1.19 bits per heavy atom. The summed E-state index contributed by atoms with van der Waals surface area (Å²) >= 11 is 6.19. The molecule has 0 fully saturated rings. The van der Waals surface area contributed by atoms with Gasteiger partial charge >= 0.3 is 0 Å². The van der Waals surface area contributed by atoms with Crippen LogP contribution in [0.2, 0.25) is 5.02 Å². The fraction of sp³-hybridized carbons (Fsp3) is 0.211. The molecule has 5 rings (SSSR count). The third kappa shape index (κ3) is 2.45. The average molecular weight is 366 g/mol. The molecule has 4 aromatic rings. The monoisotopic (exact) mass is 365 g/mol. The Labute approximate surface area is 154 Å². The number of benzene rings is 1. The van der Waals surface area contributed by atoms with Crippen LogP contribution in [0.15, 0.2) is 41.0 Å². The Kier molecular flexibility index (Phi) is 3.46. The first-order chi connectivity index (χ1) is 12.7. The summed E-state index contributed by atoms with van der Waals surface area (Å²) in [7, 11) is 0. The van der Waals surface area contributed by atoms with Crippen LogP contribution < -0.4 is 5.32 Å². The average Bonchev–Trinajstić information content (AvgIpc) is 3.36. The quantitative estimate of drug-likeness (QED) is 0.575. The van der Waals surface area contributed by atoms with Crippen molar-refractivity contribution in [1.29, 1.82) is 0 Å². The van der Waals surface area contributed by atoms with Gasteiger partial charge in [0.15, 0.2) is 5.76 Å². The summed E-state index contributed by atoms with van der Waals surface area (Å²) in [4.78, 5) is 9.27. The molecule has 26 heavy (non-hydrogen) atoms. The van der Waals surface area contributed by atoms with E-state index in [0.717, 1.165) is 42.0 Å². The van der Waals surface area contributed by atoms with Crippen molar-refractivity contribution in [3.8, 4) is 11.6 Å². The highest BCUT2D eigenvalue weighted by Gasteiger charge is 2.23. The number of nitrogens with zero attached hydrogens (tertiary/aromatic N) is 4. The zero-order valence-electron chi connectivity index (χ0n) is 14.2. The summed E-state index contributed by atoms with van der Waals surface area (Å²) in [6.45, 7) is 2.05. The molecule has 0 amide bonds. The van der Waals surface area contributed by atoms with Crippen LogP contribution in [0.5, 0.6) is 0 Å². The molecule has 0 radical (unpaired) electrons. The molecule has 3 heterocycles. The number of furan rings is 1. The first kappa shape index (κ1) is 15.4. The third-order valence-corrected chi connectivity index (χ3v) is 4.94. The van der Waals surface area contributed by atoms with Crippen molar-refractivity contribution in [3.63, 3.8) is 0 Å². The predicted octanol–water partition coefficient (Wildman–Crippen LogP) is 4.58. The molecule has 0 bridgehead atoms. The van der Waals surface area contributed by atoms with E-state index in [9.17, 15) is 0 Å². The maximum atomic E-state index is 6.19. The van der Waals surface area contributed by atoms with E-state index in [0.29, 0.717) is 22.4 Å². The molecule has 0 saturated carbocycles. The number of aromatic nitrogens is 4. The lowest BCUT2D eigenvalue weighted by Crippen LogP contribution is -2.07. The number of halogens is 1. The predicted molar refractivity (Wildman–Crippen MR) is 100.0 cm³/mol. The topological polar surface area (TPSA) is 68.2 Å². The van der Waals surface area contributed by atoms with Crippen molar-refractivity contribution in [2.75, 3.05) is 5.32 Å². The number of nitrogens with one attached hydrogen (secondary N) is 1. The van der Waals surface area contributed by atoms with Crippen LogP contribution in [0, 0.1) is 6.92 Å². The standard InChI is InChI=1S/C19H16ClN5O/c1-11-7-8-12(20)10-15(11)21-18-13-4-2-5-14(13)22-19-23-17(24-25(18)19)16-6-3-9-26-16/h3,6-10,21H,2,4-5H2,1H3. The summed E-state index contributed by atoms with van der Waals surface area (Å²) in [6.07, 6.45) is 4.63. The van der Waals surface area contributed by atoms with E-state index in [1.807, 2.05) is 37.3 Å². The molecule has 0 spiro atoms. The lowest BCUT2D eigenvalue weighted by molar-refractivity contribution is 0.577. The van der Waals surface area contributed by atoms with Gasteiger partial charge in [0, 0.05) is 16.3 Å². The van der Waals surface area contributed by atoms with Crippen LogP contribution in [-0.4, -0.2) is 19.6 Å². The zero-order valence-corrected chi connectivity index (χ0v) is 14.9. The molecule has 0 aliphatic heterocycles. The molecule has 3 aromatic heterocycles. The molecular formula is C19H16ClN5O. The van der Waals surface area contributed by atoms with E-state index in [2.05, 4.69) is 15.4 Å². The molecule has 1 aromatic carbocycles. The van der Waals surface area contributed by atoms with Gasteiger partial charge in [-0.05, 0) is 56.0 Å². The van der Waals surface area contributed by atoms with Gasteiger partial charge in [-0.2, -0.15) is 9.50 Å². The van der Waals surface area contributed by atoms with Gasteiger partial charge in [-0.15, -0.1) is 5.10 Å². The Hall–Kier alpha value is -2.86. The molecule has 0 unspecified atom stereocenters. The Morgan fingerprint density at radius 2 is 2.12 bits per heavy atom. The van der Waals surface area contributed by atoms with E-state index in [4.69, 9.17) is 21.0 Å². The molecule has 1 aliphatic rings. The maximum absolute atomic E-state index is 6.19. The number of aryl methyl sites for hydroxylation is 2. The number of hydrogen-bond acceptors (Lipinski definition) is 5. The van der Waals surface area contributed by atoms with Crippen molar-refractivity contribution >= 4 is 28.9 Å². The Balaban J connectivity index is 1.70. The second-order valence-electron chi connectivity index (χ2n) is 6.45. The van der Waals surface area contributed by atoms with Gasteiger partial charge in [0.25, 0.3) is 5.78 Å². The summed E-state index contributed by atoms with van der Waals surface area (Å²) < 4.78 is 7.21. The van der Waals surface area contributed by atoms with Crippen molar-refractivity contribution < 1.29 is 4.42 Å². The molecular weight excluding hydrogens is 350 g/mol. The van der Waals surface area contributed by atoms with Crippen LogP contribution in [0.3, 0.4) is 0 Å². The highest BCUT2D eigenvalue weighted by atomic mass is 35.5. The molecule has 0 atom stereocenters. The minimum absolute atomic E-state index is 0.525. The molecule has 0 saturated heterocycles. The molecule has 1 N–H and O–H groups in total. The van der Waals surface area contributed by atoms with Crippen molar-refractivity contribution in [2.45, 2.75) is 26.2 Å². The largest absolute Gasteiger partial charge is 0.461 e. The van der Waals surface area contributed by atoms with E-state index < -0.39 is 0 Å². The smallest absolute Gasteiger partial charge is 0.255 e. The fourth-order valence-corrected chi connectivity index (χ4v) is 3.55. The lowest BCUT2D eigenvalue weighted by Gasteiger charge is -2.14. The van der Waals surface area contributed by atoms with E-state index in [1.54, 1.807) is 10.8 Å². The normalized spacial score (nSPS) is 13.3. The minimum atomic E-state index is 0.525. The summed E-state index contributed by atoms with van der Waals surface area (Å²) in [5.74, 6) is 2.62. The minimum Gasteiger partial charge on any atom is -0.461 e. The number of anilines is 2. The van der Waals surface area contributed by atoms with Crippen molar-refractivity contribution in [2.24, 2.45) is 0 Å². The van der Waals surface area contributed by atoms with Gasteiger partial charge in [-0.3, -0.25) is 0 Å². The van der Waals surface area contributed by atoms with Gasteiger partial charge in [-0.1, -0.05) is 17.7 Å². The van der Waals surface area contributed by atoms with Gasteiger partial charge in [0.1, 0.15) is 5.82 Å². The molecule has 7 heteroatoms. The second kappa shape index (κ2) is 5.85. The van der Waals surface area contributed by atoms with Crippen LogP contribution in [-0.2, 0) is 12.8 Å². The van der Waals surface area contributed by atoms with Crippen molar-refractivity contribution in [3.05, 3.63) is 58.4 Å². The zero-order chi connectivity index (χ0) is 17.7. The van der Waals surface area contributed by atoms with Crippen LogP contribution in [0.4, 0.5) is 11.5 Å². The highest BCUT2D eigenvalue weighted by Crippen LogP contribution is 2.32. The highest BCUT2D eigenvalue weighted by molar-refractivity contribution is 6.30. The van der Waals surface area contributed by atoms with Crippen LogP contribution in [0.1, 0.15) is 23.2 Å². The molecule has 6 nitrogen and oxygen atoms in total. The SMILES string of the molecule is Cc1ccc(Cl)cc1Nc1c2c(nc3nc(-c4ccco4)nn13)CCC2. The maximum Gasteiger partial charge on any atom is 0.255 e. The first-order valence-electron chi connectivity index (χ1n) is 8.54. The number of fused-ring (bicyclic) bond motifs is 2. The first-order valence-corrected chi connectivity index (χ1v) is 8.92. The van der Waals surface area contributed by atoms with Crippen molar-refractivity contribution in [1.82, 2.24) is 19.6 Å². The Bertz CT molecular complexity index is 1120. The summed E-state index contributed by atoms with van der Waals surface area (Å²) in [5, 5.41) is 8.84. The van der Waals surface area contributed by atoms with Crippen LogP contribution in [0.25, 0.3) is 17.4 Å². The van der Waals surface area contributed by atoms with Gasteiger partial charge < -0.3 is 9.73 Å². The Morgan fingerprint density at radius 3 is 2.96 bits per heavy atom. The van der Waals surface area contributed by atoms with E-state index >= 15 is 0 Å². The van der Waals surface area contributed by atoms with E-state index in [1.165, 1.54) is 5.56 Å². The third-order valence-electron chi connectivity index (χ3n) is 4.71. The van der Waals surface area contributed by atoms with Gasteiger partial charge in [0.05, 0.1) is 12.0 Å². The number of rotatable bonds is 3. The fourth-order valence-electron chi connectivity index (χ4n) is 3.38. The van der Waals surface area contributed by atoms with E-state index in [-0.39, 0.29) is 0 Å². The second-order valence-corrected chi connectivity index (χ2v) is 6.88. The summed E-state index contributed by atoms with van der Waals surface area (Å²) in [5.41, 5.74) is 4.33. The van der Waals surface area contributed by atoms with Gasteiger partial charge in [-0.25, -0.2) is 4.98 Å². The molecule has 1 aliphatic carbocycles. The molecule has 130 valence electrons.